The van der Waals surface area contributed by atoms with E-state index in [4.69, 9.17) is 0 Å². The zero-order valence-electron chi connectivity index (χ0n) is 17.9. The molecule has 1 fully saturated rings. The Bertz CT molecular complexity index is 1240. The van der Waals surface area contributed by atoms with Crippen LogP contribution in [0, 0.1) is 33.1 Å². The van der Waals surface area contributed by atoms with Gasteiger partial charge in [0.2, 0.25) is 15.9 Å². The Balaban J connectivity index is 2.01. The number of amides is 1. The van der Waals surface area contributed by atoms with Crippen LogP contribution in [0.25, 0.3) is 0 Å². The molecule has 0 saturated carbocycles. The van der Waals surface area contributed by atoms with E-state index < -0.39 is 31.4 Å². The molecule has 9 heteroatoms. The molecule has 0 aliphatic carbocycles. The third-order valence-electron chi connectivity index (χ3n) is 5.18. The van der Waals surface area contributed by atoms with Crippen LogP contribution in [0.5, 0.6) is 0 Å². The monoisotopic (exact) mass is 450 g/mol. The molecule has 0 bridgehead atoms. The van der Waals surface area contributed by atoms with E-state index in [1.165, 1.54) is 18.2 Å². The highest BCUT2D eigenvalue weighted by atomic mass is 32.2. The van der Waals surface area contributed by atoms with E-state index in [1.807, 2.05) is 32.9 Å². The molecule has 7 nitrogen and oxygen atoms in total. The van der Waals surface area contributed by atoms with Gasteiger partial charge in [0, 0.05) is 0 Å². The smallest absolute Gasteiger partial charge is 0.262 e. The average molecular weight is 451 g/mol. The summed E-state index contributed by atoms with van der Waals surface area (Å²) in [6, 6.07) is 7.90. The second-order valence-electron chi connectivity index (χ2n) is 8.54. The number of carbonyl (C=O) groups excluding carboxylic acids is 1. The third-order valence-corrected chi connectivity index (χ3v) is 8.71. The van der Waals surface area contributed by atoms with Crippen molar-refractivity contribution in [2.75, 3.05) is 14.8 Å². The van der Waals surface area contributed by atoms with Crippen LogP contribution in [0.1, 0.15) is 36.1 Å². The molecule has 0 atom stereocenters. The highest BCUT2D eigenvalue weighted by Crippen LogP contribution is 2.37. The SMILES string of the molecule is Cc1cc(C)c(NS(=O)(=O)c2ccc(N3C(=O)C(C)(C)CS3(=O)=O)cc2C)c(C)c1. The summed E-state index contributed by atoms with van der Waals surface area (Å²) in [6.45, 7) is 10.3. The van der Waals surface area contributed by atoms with Crippen LogP contribution >= 0.6 is 0 Å². The lowest BCUT2D eigenvalue weighted by Gasteiger charge is -2.19. The zero-order chi connectivity index (χ0) is 22.6. The Labute approximate surface area is 178 Å². The van der Waals surface area contributed by atoms with E-state index in [9.17, 15) is 21.6 Å². The summed E-state index contributed by atoms with van der Waals surface area (Å²) in [5, 5.41) is 0. The summed E-state index contributed by atoms with van der Waals surface area (Å²) in [5.74, 6) is -0.813. The van der Waals surface area contributed by atoms with Crippen molar-refractivity contribution in [2.45, 2.75) is 46.4 Å². The van der Waals surface area contributed by atoms with Gasteiger partial charge in [-0.3, -0.25) is 9.52 Å². The van der Waals surface area contributed by atoms with Crippen LogP contribution in [0.15, 0.2) is 35.2 Å². The van der Waals surface area contributed by atoms with Gasteiger partial charge in [-0.05, 0) is 76.4 Å². The summed E-state index contributed by atoms with van der Waals surface area (Å²) < 4.78 is 54.5. The molecule has 30 heavy (non-hydrogen) atoms. The van der Waals surface area contributed by atoms with Gasteiger partial charge >= 0.3 is 0 Å². The summed E-state index contributed by atoms with van der Waals surface area (Å²) in [7, 11) is -7.72. The molecule has 1 amide bonds. The number of sulfonamides is 2. The quantitative estimate of drug-likeness (QED) is 0.769. The van der Waals surface area contributed by atoms with Crippen molar-refractivity contribution in [3.05, 3.63) is 52.6 Å². The fourth-order valence-corrected chi connectivity index (χ4v) is 7.38. The Morgan fingerprint density at radius 3 is 2.00 bits per heavy atom. The molecular formula is C21H26N2O5S2. The van der Waals surface area contributed by atoms with Gasteiger partial charge in [0.1, 0.15) is 0 Å². The standard InChI is InChI=1S/C21H26N2O5S2/c1-13-9-15(3)19(16(4)10-13)22-30(27,28)18-8-7-17(11-14(18)2)23-20(24)21(5,6)12-29(23,25)26/h7-11,22H,12H2,1-6H3. The number of nitrogens with zero attached hydrogens (tertiary/aromatic N) is 1. The lowest BCUT2D eigenvalue weighted by atomic mass is 9.95. The predicted octanol–water partition coefficient (Wildman–Crippen LogP) is 3.42. The lowest BCUT2D eigenvalue weighted by Crippen LogP contribution is -2.33. The number of hydrogen-bond acceptors (Lipinski definition) is 5. The molecule has 0 spiro atoms. The van der Waals surface area contributed by atoms with E-state index in [1.54, 1.807) is 20.8 Å². The van der Waals surface area contributed by atoms with E-state index >= 15 is 0 Å². The summed E-state index contributed by atoms with van der Waals surface area (Å²) in [4.78, 5) is 12.6. The fourth-order valence-electron chi connectivity index (χ4n) is 3.85. The van der Waals surface area contributed by atoms with Gasteiger partial charge in [0.15, 0.2) is 0 Å². The third kappa shape index (κ3) is 3.83. The van der Waals surface area contributed by atoms with Gasteiger partial charge in [-0.15, -0.1) is 0 Å². The van der Waals surface area contributed by atoms with E-state index in [0.29, 0.717) is 11.3 Å². The summed E-state index contributed by atoms with van der Waals surface area (Å²) in [5.41, 5.74) is 2.62. The predicted molar refractivity (Wildman–Crippen MR) is 118 cm³/mol. The highest BCUT2D eigenvalue weighted by molar-refractivity contribution is 7.94. The first kappa shape index (κ1) is 22.3. The normalized spacial score (nSPS) is 17.9. The largest absolute Gasteiger partial charge is 0.279 e. The van der Waals surface area contributed by atoms with Crippen LogP contribution in [0.3, 0.4) is 0 Å². The molecule has 0 aromatic heterocycles. The molecule has 3 rings (SSSR count). The molecule has 0 radical (unpaired) electrons. The average Bonchev–Trinajstić information content (AvgIpc) is 2.73. The first-order valence-corrected chi connectivity index (χ1v) is 12.5. The van der Waals surface area contributed by atoms with E-state index in [-0.39, 0.29) is 16.3 Å². The van der Waals surface area contributed by atoms with Crippen molar-refractivity contribution in [1.29, 1.82) is 0 Å². The molecule has 0 unspecified atom stereocenters. The zero-order valence-corrected chi connectivity index (χ0v) is 19.5. The number of rotatable bonds is 4. The molecule has 1 N–H and O–H groups in total. The Morgan fingerprint density at radius 1 is 0.967 bits per heavy atom. The van der Waals surface area contributed by atoms with Gasteiger partial charge in [-0.1, -0.05) is 17.7 Å². The van der Waals surface area contributed by atoms with Crippen molar-refractivity contribution in [3.63, 3.8) is 0 Å². The van der Waals surface area contributed by atoms with Crippen LogP contribution in [0.2, 0.25) is 0 Å². The molecule has 1 aliphatic heterocycles. The van der Waals surface area contributed by atoms with Gasteiger partial charge in [-0.25, -0.2) is 21.1 Å². The van der Waals surface area contributed by atoms with Crippen LogP contribution < -0.4 is 9.03 Å². The first-order chi connectivity index (χ1) is 13.7. The minimum absolute atomic E-state index is 0.0222. The van der Waals surface area contributed by atoms with Crippen LogP contribution in [0.4, 0.5) is 11.4 Å². The maximum absolute atomic E-state index is 13.0. The number of aryl methyl sites for hydroxylation is 4. The molecule has 1 saturated heterocycles. The van der Waals surface area contributed by atoms with Crippen molar-refractivity contribution >= 4 is 37.3 Å². The van der Waals surface area contributed by atoms with E-state index in [2.05, 4.69) is 4.72 Å². The fraction of sp³-hybridized carbons (Fsp3) is 0.381. The van der Waals surface area contributed by atoms with Crippen molar-refractivity contribution in [1.82, 2.24) is 0 Å². The summed E-state index contributed by atoms with van der Waals surface area (Å²) >= 11 is 0. The Kier molecular flexibility index (Phi) is 5.27. The Morgan fingerprint density at radius 2 is 1.53 bits per heavy atom. The number of hydrogen-bond donors (Lipinski definition) is 1. The van der Waals surface area contributed by atoms with E-state index in [0.717, 1.165) is 21.0 Å². The molecule has 162 valence electrons. The molecule has 1 aliphatic rings. The number of anilines is 2. The number of carbonyl (C=O) groups is 1. The van der Waals surface area contributed by atoms with Crippen molar-refractivity contribution in [3.8, 4) is 0 Å². The topological polar surface area (TPSA) is 101 Å². The van der Waals surface area contributed by atoms with Gasteiger partial charge in [0.25, 0.3) is 10.0 Å². The molecule has 2 aromatic carbocycles. The maximum atomic E-state index is 13.0. The number of benzene rings is 2. The van der Waals surface area contributed by atoms with Gasteiger partial charge < -0.3 is 0 Å². The first-order valence-electron chi connectivity index (χ1n) is 9.44. The van der Waals surface area contributed by atoms with Crippen LogP contribution in [-0.4, -0.2) is 28.5 Å². The minimum Gasteiger partial charge on any atom is -0.279 e. The maximum Gasteiger partial charge on any atom is 0.262 e. The number of nitrogens with one attached hydrogen (secondary N) is 1. The minimum atomic E-state index is -3.91. The van der Waals surface area contributed by atoms with Gasteiger partial charge in [-0.2, -0.15) is 0 Å². The molecule has 1 heterocycles. The van der Waals surface area contributed by atoms with Crippen molar-refractivity contribution in [2.24, 2.45) is 5.41 Å². The molecular weight excluding hydrogens is 424 g/mol. The summed E-state index contributed by atoms with van der Waals surface area (Å²) in [6.07, 6.45) is 0. The Hall–Kier alpha value is -2.39. The van der Waals surface area contributed by atoms with Crippen molar-refractivity contribution < 1.29 is 21.6 Å². The van der Waals surface area contributed by atoms with Crippen LogP contribution in [-0.2, 0) is 24.8 Å². The lowest BCUT2D eigenvalue weighted by molar-refractivity contribution is -0.123. The highest BCUT2D eigenvalue weighted by Gasteiger charge is 2.50. The second kappa shape index (κ2) is 7.09. The molecule has 2 aromatic rings. The second-order valence-corrected chi connectivity index (χ2v) is 12.0. The van der Waals surface area contributed by atoms with Gasteiger partial charge in [0.05, 0.1) is 27.4 Å².